The van der Waals surface area contributed by atoms with E-state index >= 15 is 0 Å². The normalized spacial score (nSPS) is 27.5. The quantitative estimate of drug-likeness (QED) is 0.673. The minimum Gasteiger partial charge on any atom is -0.480 e. The van der Waals surface area contributed by atoms with Gasteiger partial charge in [0.2, 0.25) is 5.41 Å². The lowest BCUT2D eigenvalue weighted by Crippen LogP contribution is -2.69. The van der Waals surface area contributed by atoms with Gasteiger partial charge in [0.15, 0.2) is 5.79 Å². The Morgan fingerprint density at radius 1 is 1.00 bits per heavy atom. The van der Waals surface area contributed by atoms with Crippen molar-refractivity contribution in [2.75, 3.05) is 13.2 Å². The van der Waals surface area contributed by atoms with Crippen LogP contribution in [0.5, 0.6) is 0 Å². The first-order valence-electron chi connectivity index (χ1n) is 8.08. The topological polar surface area (TPSA) is 105 Å². The Morgan fingerprint density at radius 2 is 1.48 bits per heavy atom. The monoisotopic (exact) mass is 329 g/mol. The van der Waals surface area contributed by atoms with Gasteiger partial charge < -0.3 is 25.0 Å². The van der Waals surface area contributed by atoms with Gasteiger partial charge >= 0.3 is 11.9 Å². The SMILES string of the molecule is CCC1(CC)CC2(CC(C)(C)N1)OCC(C(=O)O)(C(=O)O)CO2. The van der Waals surface area contributed by atoms with Gasteiger partial charge in [0, 0.05) is 23.9 Å². The van der Waals surface area contributed by atoms with Gasteiger partial charge in [0.1, 0.15) is 0 Å². The molecule has 2 rings (SSSR count). The van der Waals surface area contributed by atoms with Crippen molar-refractivity contribution in [2.24, 2.45) is 5.41 Å². The average molecular weight is 329 g/mol. The number of piperidine rings is 1. The highest BCUT2D eigenvalue weighted by Gasteiger charge is 2.59. The van der Waals surface area contributed by atoms with Crippen LogP contribution >= 0.6 is 0 Å². The fourth-order valence-electron chi connectivity index (χ4n) is 3.87. The van der Waals surface area contributed by atoms with Gasteiger partial charge in [-0.05, 0) is 26.7 Å². The van der Waals surface area contributed by atoms with Crippen LogP contribution in [0.15, 0.2) is 0 Å². The molecule has 0 amide bonds. The third-order valence-electron chi connectivity index (χ3n) is 5.26. The summed E-state index contributed by atoms with van der Waals surface area (Å²) in [6, 6.07) is 0. The Labute approximate surface area is 136 Å². The molecule has 0 aromatic carbocycles. The molecular formula is C16H27NO6. The molecule has 0 radical (unpaired) electrons. The molecule has 0 unspecified atom stereocenters. The molecule has 2 heterocycles. The van der Waals surface area contributed by atoms with Gasteiger partial charge in [-0.3, -0.25) is 9.59 Å². The standard InChI is InChI=1S/C16H27NO6/c1-5-14(6-2)8-16(7-13(3,4)17-14)22-9-15(10-23-16,11(18)19)12(20)21/h17H,5-10H2,1-4H3,(H,18,19)(H,20,21). The second kappa shape index (κ2) is 5.72. The number of aliphatic carboxylic acids is 2. The lowest BCUT2D eigenvalue weighted by Gasteiger charge is -2.56. The fourth-order valence-corrected chi connectivity index (χ4v) is 3.87. The lowest BCUT2D eigenvalue weighted by atomic mass is 9.73. The van der Waals surface area contributed by atoms with E-state index in [0.717, 1.165) is 12.8 Å². The maximum Gasteiger partial charge on any atom is 0.325 e. The Bertz CT molecular complexity index is 473. The maximum atomic E-state index is 11.4. The number of carboxylic acids is 2. The highest BCUT2D eigenvalue weighted by atomic mass is 16.7. The van der Waals surface area contributed by atoms with E-state index in [0.29, 0.717) is 12.8 Å². The molecule has 0 saturated carbocycles. The van der Waals surface area contributed by atoms with Gasteiger partial charge in [0.05, 0.1) is 13.2 Å². The van der Waals surface area contributed by atoms with Crippen molar-refractivity contribution in [1.82, 2.24) is 5.32 Å². The molecule has 0 aromatic rings. The van der Waals surface area contributed by atoms with Crippen LogP contribution in [0.1, 0.15) is 53.4 Å². The zero-order valence-electron chi connectivity index (χ0n) is 14.3. The smallest absolute Gasteiger partial charge is 0.325 e. The van der Waals surface area contributed by atoms with Gasteiger partial charge in [-0.1, -0.05) is 13.8 Å². The molecule has 7 nitrogen and oxygen atoms in total. The van der Waals surface area contributed by atoms with E-state index in [1.54, 1.807) is 0 Å². The van der Waals surface area contributed by atoms with Crippen molar-refractivity contribution < 1.29 is 29.3 Å². The first-order valence-corrected chi connectivity index (χ1v) is 8.08. The first kappa shape index (κ1) is 18.2. The summed E-state index contributed by atoms with van der Waals surface area (Å²) >= 11 is 0. The Hall–Kier alpha value is -1.18. The van der Waals surface area contributed by atoms with Crippen molar-refractivity contribution in [3.8, 4) is 0 Å². The summed E-state index contributed by atoms with van der Waals surface area (Å²) < 4.78 is 11.6. The Balaban J connectivity index is 2.27. The second-order valence-electron chi connectivity index (χ2n) is 7.53. The van der Waals surface area contributed by atoms with E-state index in [2.05, 4.69) is 33.0 Å². The van der Waals surface area contributed by atoms with Crippen LogP contribution in [-0.2, 0) is 19.1 Å². The van der Waals surface area contributed by atoms with Crippen molar-refractivity contribution >= 4 is 11.9 Å². The van der Waals surface area contributed by atoms with Gasteiger partial charge in [-0.2, -0.15) is 0 Å². The van der Waals surface area contributed by atoms with Crippen LogP contribution in [0.2, 0.25) is 0 Å². The van der Waals surface area contributed by atoms with Crippen molar-refractivity contribution in [1.29, 1.82) is 0 Å². The molecule has 1 spiro atoms. The summed E-state index contributed by atoms with van der Waals surface area (Å²) in [6.07, 6.45) is 2.87. The molecule has 0 bridgehead atoms. The summed E-state index contributed by atoms with van der Waals surface area (Å²) in [5.74, 6) is -3.79. The van der Waals surface area contributed by atoms with Crippen molar-refractivity contribution in [2.45, 2.75) is 70.2 Å². The Morgan fingerprint density at radius 3 is 1.87 bits per heavy atom. The molecule has 2 aliphatic rings. The number of rotatable bonds is 4. The number of ether oxygens (including phenoxy) is 2. The highest BCUT2D eigenvalue weighted by Crippen LogP contribution is 2.45. The molecule has 0 aliphatic carbocycles. The minimum absolute atomic E-state index is 0.172. The molecule has 2 aliphatic heterocycles. The highest BCUT2D eigenvalue weighted by molar-refractivity contribution is 5.98. The molecule has 2 saturated heterocycles. The average Bonchev–Trinajstić information content (AvgIpc) is 2.45. The number of nitrogens with one attached hydrogen (secondary N) is 1. The predicted octanol–water partition coefficient (Wildman–Crippen LogP) is 1.61. The van der Waals surface area contributed by atoms with E-state index < -0.39 is 23.1 Å². The van der Waals surface area contributed by atoms with Gasteiger partial charge in [-0.15, -0.1) is 0 Å². The van der Waals surface area contributed by atoms with Crippen LogP contribution < -0.4 is 5.32 Å². The van der Waals surface area contributed by atoms with Gasteiger partial charge in [-0.25, -0.2) is 0 Å². The number of carboxylic acid groups (broad SMARTS) is 2. The summed E-state index contributed by atoms with van der Waals surface area (Å²) in [6.45, 7) is 7.53. The van der Waals surface area contributed by atoms with E-state index in [1.165, 1.54) is 0 Å². The molecule has 0 aromatic heterocycles. The molecule has 132 valence electrons. The van der Waals surface area contributed by atoms with Crippen molar-refractivity contribution in [3.63, 3.8) is 0 Å². The minimum atomic E-state index is -2.03. The summed E-state index contributed by atoms with van der Waals surface area (Å²) in [5, 5.41) is 22.2. The van der Waals surface area contributed by atoms with Crippen LogP contribution in [-0.4, -0.2) is 52.2 Å². The molecule has 3 N–H and O–H groups in total. The summed E-state index contributed by atoms with van der Waals surface area (Å²) in [7, 11) is 0. The summed E-state index contributed by atoms with van der Waals surface area (Å²) in [4.78, 5) is 22.8. The van der Waals surface area contributed by atoms with Crippen LogP contribution in [0, 0.1) is 5.41 Å². The fraction of sp³-hybridized carbons (Fsp3) is 0.875. The lowest BCUT2D eigenvalue weighted by molar-refractivity contribution is -0.324. The number of hydrogen-bond acceptors (Lipinski definition) is 5. The molecule has 7 heteroatoms. The van der Waals surface area contributed by atoms with E-state index in [1.807, 2.05) is 0 Å². The maximum absolute atomic E-state index is 11.4. The predicted molar refractivity (Wildman–Crippen MR) is 82.1 cm³/mol. The summed E-state index contributed by atoms with van der Waals surface area (Å²) in [5.41, 5.74) is -2.45. The first-order chi connectivity index (χ1) is 10.5. The van der Waals surface area contributed by atoms with Crippen LogP contribution in [0.3, 0.4) is 0 Å². The largest absolute Gasteiger partial charge is 0.480 e. The molecular weight excluding hydrogens is 302 g/mol. The molecule has 23 heavy (non-hydrogen) atoms. The zero-order chi connectivity index (χ0) is 17.5. The third-order valence-corrected chi connectivity index (χ3v) is 5.26. The van der Waals surface area contributed by atoms with Crippen LogP contribution in [0.25, 0.3) is 0 Å². The van der Waals surface area contributed by atoms with E-state index in [9.17, 15) is 19.8 Å². The third kappa shape index (κ3) is 3.09. The Kier molecular flexibility index (Phi) is 4.52. The number of hydrogen-bond donors (Lipinski definition) is 3. The van der Waals surface area contributed by atoms with Crippen LogP contribution in [0.4, 0.5) is 0 Å². The molecule has 0 atom stereocenters. The van der Waals surface area contributed by atoms with Gasteiger partial charge in [0.25, 0.3) is 0 Å². The zero-order valence-corrected chi connectivity index (χ0v) is 14.3. The molecule has 2 fully saturated rings. The van der Waals surface area contributed by atoms with E-state index in [4.69, 9.17) is 9.47 Å². The number of carbonyl (C=O) groups is 2. The van der Waals surface area contributed by atoms with E-state index in [-0.39, 0.29) is 24.3 Å². The van der Waals surface area contributed by atoms with Crippen molar-refractivity contribution in [3.05, 3.63) is 0 Å². The second-order valence-corrected chi connectivity index (χ2v) is 7.53.